The fraction of sp³-hybridized carbons (Fsp3) is 0.643. The molecule has 1 atom stereocenters. The zero-order chi connectivity index (χ0) is 11.5. The van der Waals surface area contributed by atoms with E-state index in [1.807, 2.05) is 12.4 Å². The molecule has 16 heavy (non-hydrogen) atoms. The summed E-state index contributed by atoms with van der Waals surface area (Å²) in [5, 5.41) is 0. The van der Waals surface area contributed by atoms with E-state index >= 15 is 0 Å². The van der Waals surface area contributed by atoms with Crippen LogP contribution in [0.1, 0.15) is 43.9 Å². The maximum atomic E-state index is 4.32. The minimum absolute atomic E-state index is 0.606. The van der Waals surface area contributed by atoms with Crippen LogP contribution in [0.5, 0.6) is 0 Å². The number of hydrogen-bond acceptors (Lipinski definition) is 2. The van der Waals surface area contributed by atoms with Gasteiger partial charge in [0.25, 0.3) is 0 Å². The topological polar surface area (TPSA) is 16.1 Å². The number of pyridine rings is 1. The van der Waals surface area contributed by atoms with Crippen LogP contribution < -0.4 is 0 Å². The third-order valence-corrected chi connectivity index (χ3v) is 3.24. The Morgan fingerprint density at radius 1 is 1.44 bits per heavy atom. The molecule has 0 aliphatic carbocycles. The molecule has 0 radical (unpaired) electrons. The quantitative estimate of drug-likeness (QED) is 0.774. The summed E-state index contributed by atoms with van der Waals surface area (Å²) in [5.41, 5.74) is 2.67. The smallest absolute Gasteiger partial charge is 0.0364 e. The van der Waals surface area contributed by atoms with Gasteiger partial charge in [-0.3, -0.25) is 9.88 Å². The molecule has 1 aromatic heterocycles. The molecule has 88 valence electrons. The van der Waals surface area contributed by atoms with Crippen LogP contribution in [-0.4, -0.2) is 23.0 Å². The first-order valence-corrected chi connectivity index (χ1v) is 6.32. The van der Waals surface area contributed by atoms with Crippen molar-refractivity contribution >= 4 is 0 Å². The second-order valence-electron chi connectivity index (χ2n) is 5.34. The Labute approximate surface area is 98.7 Å². The van der Waals surface area contributed by atoms with Gasteiger partial charge in [0.2, 0.25) is 0 Å². The van der Waals surface area contributed by atoms with Crippen LogP contribution in [-0.2, 0) is 0 Å². The molecule has 0 bridgehead atoms. The van der Waals surface area contributed by atoms with Crippen molar-refractivity contribution in [1.29, 1.82) is 0 Å². The summed E-state index contributed by atoms with van der Waals surface area (Å²) in [4.78, 5) is 6.93. The summed E-state index contributed by atoms with van der Waals surface area (Å²) in [6.45, 7) is 9.17. The first-order valence-electron chi connectivity index (χ1n) is 6.32. The number of rotatable bonds is 3. The van der Waals surface area contributed by atoms with E-state index in [4.69, 9.17) is 0 Å². The summed E-state index contributed by atoms with van der Waals surface area (Å²) < 4.78 is 0. The Balaban J connectivity index is 2.13. The lowest BCUT2D eigenvalue weighted by Gasteiger charge is -2.26. The van der Waals surface area contributed by atoms with Gasteiger partial charge >= 0.3 is 0 Å². The maximum Gasteiger partial charge on any atom is 0.0364 e. The predicted octanol–water partition coefficient (Wildman–Crippen LogP) is 3.18. The summed E-state index contributed by atoms with van der Waals surface area (Å²) >= 11 is 0. The van der Waals surface area contributed by atoms with E-state index in [2.05, 4.69) is 36.7 Å². The van der Waals surface area contributed by atoms with E-state index in [0.29, 0.717) is 6.04 Å². The molecule has 1 aliphatic heterocycles. The molecular formula is C14H22N2. The molecule has 1 saturated heterocycles. The number of aromatic nitrogens is 1. The van der Waals surface area contributed by atoms with E-state index in [0.717, 1.165) is 5.92 Å². The highest BCUT2D eigenvalue weighted by molar-refractivity contribution is 5.21. The molecular weight excluding hydrogens is 196 g/mol. The lowest BCUT2D eigenvalue weighted by molar-refractivity contribution is 0.228. The number of hydrogen-bond donors (Lipinski definition) is 0. The summed E-state index contributed by atoms with van der Waals surface area (Å²) in [5.74, 6) is 0.748. The van der Waals surface area contributed by atoms with Crippen LogP contribution in [0.2, 0.25) is 0 Å². The van der Waals surface area contributed by atoms with Gasteiger partial charge in [-0.25, -0.2) is 0 Å². The van der Waals surface area contributed by atoms with Gasteiger partial charge < -0.3 is 0 Å². The predicted molar refractivity (Wildman–Crippen MR) is 67.4 cm³/mol. The second-order valence-corrected chi connectivity index (χ2v) is 5.34. The van der Waals surface area contributed by atoms with Gasteiger partial charge in [-0.15, -0.1) is 0 Å². The van der Waals surface area contributed by atoms with Gasteiger partial charge in [0.15, 0.2) is 0 Å². The summed E-state index contributed by atoms with van der Waals surface area (Å²) in [6.07, 6.45) is 6.59. The molecule has 1 fully saturated rings. The Kier molecular flexibility index (Phi) is 3.59. The molecule has 0 spiro atoms. The number of likely N-dealkylation sites (tertiary alicyclic amines) is 1. The van der Waals surface area contributed by atoms with Crippen molar-refractivity contribution in [2.24, 2.45) is 5.92 Å². The lowest BCUT2D eigenvalue weighted by Crippen LogP contribution is -2.27. The SMILES string of the molecule is Cc1cncc(C2CCCN2CC(C)C)c1. The molecule has 0 N–H and O–H groups in total. The first-order chi connectivity index (χ1) is 7.66. The number of nitrogens with zero attached hydrogens (tertiary/aromatic N) is 2. The minimum Gasteiger partial charge on any atom is -0.296 e. The summed E-state index contributed by atoms with van der Waals surface area (Å²) in [7, 11) is 0. The van der Waals surface area contributed by atoms with Crippen molar-refractivity contribution < 1.29 is 0 Å². The Hall–Kier alpha value is -0.890. The van der Waals surface area contributed by atoms with Gasteiger partial charge in [0.05, 0.1) is 0 Å². The molecule has 0 saturated carbocycles. The van der Waals surface area contributed by atoms with Crippen LogP contribution in [0.25, 0.3) is 0 Å². The fourth-order valence-electron chi connectivity index (χ4n) is 2.65. The zero-order valence-electron chi connectivity index (χ0n) is 10.6. The monoisotopic (exact) mass is 218 g/mol. The highest BCUT2D eigenvalue weighted by Crippen LogP contribution is 2.32. The van der Waals surface area contributed by atoms with Gasteiger partial charge in [-0.2, -0.15) is 0 Å². The summed E-state index contributed by atoms with van der Waals surface area (Å²) in [6, 6.07) is 2.89. The number of aryl methyl sites for hydroxylation is 1. The molecule has 0 aromatic carbocycles. The van der Waals surface area contributed by atoms with Crippen molar-refractivity contribution in [2.75, 3.05) is 13.1 Å². The van der Waals surface area contributed by atoms with Crippen LogP contribution in [0.15, 0.2) is 18.5 Å². The lowest BCUT2D eigenvalue weighted by atomic mass is 10.0. The highest BCUT2D eigenvalue weighted by atomic mass is 15.2. The van der Waals surface area contributed by atoms with Gasteiger partial charge in [0, 0.05) is 25.0 Å². The van der Waals surface area contributed by atoms with Crippen molar-refractivity contribution in [1.82, 2.24) is 9.88 Å². The van der Waals surface area contributed by atoms with Crippen LogP contribution in [0, 0.1) is 12.8 Å². The van der Waals surface area contributed by atoms with Gasteiger partial charge in [-0.05, 0) is 43.4 Å². The van der Waals surface area contributed by atoms with Crippen molar-refractivity contribution in [2.45, 2.75) is 39.7 Å². The molecule has 0 amide bonds. The Morgan fingerprint density at radius 3 is 2.94 bits per heavy atom. The van der Waals surface area contributed by atoms with E-state index < -0.39 is 0 Å². The molecule has 1 aliphatic rings. The van der Waals surface area contributed by atoms with E-state index in [1.54, 1.807) is 0 Å². The molecule has 1 unspecified atom stereocenters. The van der Waals surface area contributed by atoms with Crippen LogP contribution in [0.4, 0.5) is 0 Å². The largest absolute Gasteiger partial charge is 0.296 e. The standard InChI is InChI=1S/C14H22N2/c1-11(2)10-16-6-4-5-14(16)13-7-12(3)8-15-9-13/h7-9,11,14H,4-6,10H2,1-3H3. The van der Waals surface area contributed by atoms with Crippen LogP contribution in [0.3, 0.4) is 0 Å². The van der Waals surface area contributed by atoms with Crippen LogP contribution >= 0.6 is 0 Å². The van der Waals surface area contributed by atoms with Crippen molar-refractivity contribution in [3.05, 3.63) is 29.6 Å². The first kappa shape index (κ1) is 11.6. The Morgan fingerprint density at radius 2 is 2.25 bits per heavy atom. The van der Waals surface area contributed by atoms with Gasteiger partial charge in [-0.1, -0.05) is 19.9 Å². The molecule has 1 aromatic rings. The van der Waals surface area contributed by atoms with Gasteiger partial charge in [0.1, 0.15) is 0 Å². The normalized spacial score (nSPS) is 21.9. The Bertz CT molecular complexity index is 346. The van der Waals surface area contributed by atoms with E-state index in [1.165, 1.54) is 37.1 Å². The molecule has 2 heterocycles. The van der Waals surface area contributed by atoms with E-state index in [-0.39, 0.29) is 0 Å². The minimum atomic E-state index is 0.606. The third kappa shape index (κ3) is 2.62. The van der Waals surface area contributed by atoms with Crippen molar-refractivity contribution in [3.63, 3.8) is 0 Å². The zero-order valence-corrected chi connectivity index (χ0v) is 10.6. The average Bonchev–Trinajstić information content (AvgIpc) is 2.65. The maximum absolute atomic E-state index is 4.32. The highest BCUT2D eigenvalue weighted by Gasteiger charge is 2.26. The fourth-order valence-corrected chi connectivity index (χ4v) is 2.65. The van der Waals surface area contributed by atoms with Crippen molar-refractivity contribution in [3.8, 4) is 0 Å². The average molecular weight is 218 g/mol. The molecule has 2 nitrogen and oxygen atoms in total. The third-order valence-electron chi connectivity index (χ3n) is 3.24. The van der Waals surface area contributed by atoms with E-state index in [9.17, 15) is 0 Å². The second kappa shape index (κ2) is 4.96. The molecule has 2 heteroatoms. The molecule has 2 rings (SSSR count).